The standard InChI is InChI=1S/C11H20BrNO/c1-9(12)8-13-6-4-3-5-11(13)7-10(2)14/h10-11,14H,1,3-8H2,2H3. The molecule has 0 aromatic heterocycles. The topological polar surface area (TPSA) is 23.5 Å². The molecule has 0 amide bonds. The van der Waals surface area contributed by atoms with Crippen LogP contribution in [0.3, 0.4) is 0 Å². The van der Waals surface area contributed by atoms with Gasteiger partial charge in [0.15, 0.2) is 0 Å². The predicted molar refractivity (Wildman–Crippen MR) is 63.6 cm³/mol. The summed E-state index contributed by atoms with van der Waals surface area (Å²) in [5.41, 5.74) is 0. The lowest BCUT2D eigenvalue weighted by Gasteiger charge is -2.36. The van der Waals surface area contributed by atoms with Gasteiger partial charge in [-0.1, -0.05) is 28.9 Å². The first-order chi connectivity index (χ1) is 6.59. The van der Waals surface area contributed by atoms with Crippen molar-refractivity contribution < 1.29 is 5.11 Å². The summed E-state index contributed by atoms with van der Waals surface area (Å²) >= 11 is 3.41. The summed E-state index contributed by atoms with van der Waals surface area (Å²) in [6, 6.07) is 0.540. The Balaban J connectivity index is 2.45. The number of rotatable bonds is 4. The normalized spacial score (nSPS) is 26.1. The predicted octanol–water partition coefficient (Wildman–Crippen LogP) is 2.52. The zero-order chi connectivity index (χ0) is 10.6. The molecule has 2 unspecified atom stereocenters. The van der Waals surface area contributed by atoms with Gasteiger partial charge in [-0.2, -0.15) is 0 Å². The molecular weight excluding hydrogens is 242 g/mol. The highest BCUT2D eigenvalue weighted by atomic mass is 79.9. The average molecular weight is 262 g/mol. The summed E-state index contributed by atoms with van der Waals surface area (Å²) in [4.78, 5) is 2.42. The number of aliphatic hydroxyl groups is 1. The minimum Gasteiger partial charge on any atom is -0.393 e. The van der Waals surface area contributed by atoms with E-state index < -0.39 is 0 Å². The van der Waals surface area contributed by atoms with Crippen molar-refractivity contribution in [2.24, 2.45) is 0 Å². The van der Waals surface area contributed by atoms with Gasteiger partial charge in [-0.25, -0.2) is 0 Å². The van der Waals surface area contributed by atoms with Crippen LogP contribution in [0.2, 0.25) is 0 Å². The fourth-order valence-corrected chi connectivity index (χ4v) is 2.47. The SMILES string of the molecule is C=C(Br)CN1CCCCC1CC(C)O. The van der Waals surface area contributed by atoms with Crippen LogP contribution in [0.5, 0.6) is 0 Å². The number of piperidine rings is 1. The average Bonchev–Trinajstić information content (AvgIpc) is 2.06. The van der Waals surface area contributed by atoms with E-state index in [0.29, 0.717) is 6.04 Å². The number of likely N-dealkylation sites (tertiary alicyclic amines) is 1. The quantitative estimate of drug-likeness (QED) is 0.841. The van der Waals surface area contributed by atoms with Crippen molar-refractivity contribution in [2.75, 3.05) is 13.1 Å². The molecule has 0 spiro atoms. The molecule has 0 bridgehead atoms. The first-order valence-corrected chi connectivity index (χ1v) is 6.14. The van der Waals surface area contributed by atoms with Gasteiger partial charge in [0, 0.05) is 17.1 Å². The fraction of sp³-hybridized carbons (Fsp3) is 0.818. The summed E-state index contributed by atoms with van der Waals surface area (Å²) in [6.07, 6.45) is 4.48. The number of nitrogens with zero attached hydrogens (tertiary/aromatic N) is 1. The van der Waals surface area contributed by atoms with E-state index in [1.165, 1.54) is 19.3 Å². The van der Waals surface area contributed by atoms with Crippen molar-refractivity contribution >= 4 is 15.9 Å². The molecule has 0 saturated carbocycles. The molecule has 0 aliphatic carbocycles. The van der Waals surface area contributed by atoms with Crippen LogP contribution in [0.25, 0.3) is 0 Å². The molecule has 3 heteroatoms. The van der Waals surface area contributed by atoms with Crippen LogP contribution in [-0.2, 0) is 0 Å². The zero-order valence-electron chi connectivity index (χ0n) is 8.88. The summed E-state index contributed by atoms with van der Waals surface area (Å²) in [6.45, 7) is 7.80. The largest absolute Gasteiger partial charge is 0.393 e. The van der Waals surface area contributed by atoms with E-state index >= 15 is 0 Å². The highest BCUT2D eigenvalue weighted by molar-refractivity contribution is 9.11. The number of hydrogen-bond donors (Lipinski definition) is 1. The summed E-state index contributed by atoms with van der Waals surface area (Å²) < 4.78 is 1.04. The highest BCUT2D eigenvalue weighted by Crippen LogP contribution is 2.22. The summed E-state index contributed by atoms with van der Waals surface area (Å²) in [5, 5.41) is 9.40. The maximum Gasteiger partial charge on any atom is 0.0527 e. The van der Waals surface area contributed by atoms with Crippen molar-refractivity contribution in [3.63, 3.8) is 0 Å². The van der Waals surface area contributed by atoms with E-state index in [-0.39, 0.29) is 6.10 Å². The van der Waals surface area contributed by atoms with E-state index in [2.05, 4.69) is 27.4 Å². The Hall–Kier alpha value is 0.140. The van der Waals surface area contributed by atoms with Crippen LogP contribution in [-0.4, -0.2) is 35.2 Å². The van der Waals surface area contributed by atoms with Gasteiger partial charge in [0.05, 0.1) is 6.10 Å². The van der Waals surface area contributed by atoms with Crippen LogP contribution >= 0.6 is 15.9 Å². The number of aliphatic hydroxyl groups excluding tert-OH is 1. The van der Waals surface area contributed by atoms with E-state index in [9.17, 15) is 5.11 Å². The van der Waals surface area contributed by atoms with E-state index in [0.717, 1.165) is 24.0 Å². The van der Waals surface area contributed by atoms with Gasteiger partial charge in [-0.15, -0.1) is 0 Å². The molecule has 14 heavy (non-hydrogen) atoms. The fourth-order valence-electron chi connectivity index (χ4n) is 2.15. The van der Waals surface area contributed by atoms with Crippen LogP contribution in [0.1, 0.15) is 32.6 Å². The van der Waals surface area contributed by atoms with Crippen LogP contribution in [0.4, 0.5) is 0 Å². The molecule has 1 saturated heterocycles. The first kappa shape index (κ1) is 12.2. The molecule has 1 fully saturated rings. The Morgan fingerprint density at radius 2 is 2.36 bits per heavy atom. The lowest BCUT2D eigenvalue weighted by molar-refractivity contribution is 0.0948. The second-order valence-electron chi connectivity index (χ2n) is 4.22. The van der Waals surface area contributed by atoms with Gasteiger partial charge >= 0.3 is 0 Å². The Morgan fingerprint density at radius 1 is 1.64 bits per heavy atom. The van der Waals surface area contributed by atoms with Gasteiger partial charge in [0.1, 0.15) is 0 Å². The van der Waals surface area contributed by atoms with Crippen molar-refractivity contribution in [1.29, 1.82) is 0 Å². The molecule has 2 nitrogen and oxygen atoms in total. The molecule has 2 atom stereocenters. The van der Waals surface area contributed by atoms with Gasteiger partial charge in [-0.05, 0) is 32.7 Å². The minimum atomic E-state index is -0.191. The first-order valence-electron chi connectivity index (χ1n) is 5.35. The minimum absolute atomic E-state index is 0.191. The van der Waals surface area contributed by atoms with Gasteiger partial charge in [-0.3, -0.25) is 4.90 Å². The molecule has 1 heterocycles. The molecule has 1 N–H and O–H groups in total. The van der Waals surface area contributed by atoms with Crippen molar-refractivity contribution in [1.82, 2.24) is 4.90 Å². The van der Waals surface area contributed by atoms with E-state index in [1.807, 2.05) is 6.92 Å². The molecular formula is C11H20BrNO. The van der Waals surface area contributed by atoms with Crippen molar-refractivity contribution in [3.8, 4) is 0 Å². The summed E-state index contributed by atoms with van der Waals surface area (Å²) in [7, 11) is 0. The van der Waals surface area contributed by atoms with Crippen LogP contribution in [0.15, 0.2) is 11.1 Å². The molecule has 0 radical (unpaired) electrons. The maximum atomic E-state index is 9.40. The molecule has 1 rings (SSSR count). The Labute approximate surface area is 95.1 Å². The monoisotopic (exact) mass is 261 g/mol. The lowest BCUT2D eigenvalue weighted by atomic mass is 9.97. The lowest BCUT2D eigenvalue weighted by Crippen LogP contribution is -2.41. The third-order valence-electron chi connectivity index (χ3n) is 2.74. The van der Waals surface area contributed by atoms with Crippen molar-refractivity contribution in [3.05, 3.63) is 11.1 Å². The maximum absolute atomic E-state index is 9.40. The number of hydrogen-bond acceptors (Lipinski definition) is 2. The Kier molecular flexibility index (Phi) is 5.13. The molecule has 82 valence electrons. The second kappa shape index (κ2) is 5.89. The third-order valence-corrected chi connectivity index (χ3v) is 2.99. The third kappa shape index (κ3) is 4.11. The van der Waals surface area contributed by atoms with E-state index in [4.69, 9.17) is 0 Å². The molecule has 1 aliphatic heterocycles. The Morgan fingerprint density at radius 3 is 2.93 bits per heavy atom. The smallest absolute Gasteiger partial charge is 0.0527 e. The van der Waals surface area contributed by atoms with Gasteiger partial charge in [0.25, 0.3) is 0 Å². The molecule has 0 aromatic rings. The second-order valence-corrected chi connectivity index (χ2v) is 5.34. The highest BCUT2D eigenvalue weighted by Gasteiger charge is 2.23. The van der Waals surface area contributed by atoms with Crippen LogP contribution < -0.4 is 0 Å². The van der Waals surface area contributed by atoms with Gasteiger partial charge in [0.2, 0.25) is 0 Å². The van der Waals surface area contributed by atoms with Crippen LogP contribution in [0, 0.1) is 0 Å². The Bertz CT molecular complexity index is 194. The summed E-state index contributed by atoms with van der Waals surface area (Å²) in [5.74, 6) is 0. The number of halogens is 1. The molecule has 0 aromatic carbocycles. The van der Waals surface area contributed by atoms with E-state index in [1.54, 1.807) is 0 Å². The molecule has 1 aliphatic rings. The van der Waals surface area contributed by atoms with Crippen molar-refractivity contribution in [2.45, 2.75) is 44.8 Å². The zero-order valence-corrected chi connectivity index (χ0v) is 10.5. The van der Waals surface area contributed by atoms with Gasteiger partial charge < -0.3 is 5.11 Å².